The number of nitrogens with one attached hydrogen (secondary N) is 1. The van der Waals surface area contributed by atoms with Gasteiger partial charge in [0, 0.05) is 6.04 Å². The van der Waals surface area contributed by atoms with Gasteiger partial charge in [0.25, 0.3) is 0 Å². The zero-order valence-corrected chi connectivity index (χ0v) is 9.10. The third-order valence-electron chi connectivity index (χ3n) is 3.17. The van der Waals surface area contributed by atoms with Crippen LogP contribution < -0.4 is 5.32 Å². The Hall–Kier alpha value is -0.240. The number of carbonyl (C=O) groups excluding carboxylic acids is 1. The first-order valence-electron chi connectivity index (χ1n) is 5.00. The fraction of sp³-hybridized carbons (Fsp3) is 0.900. The lowest BCUT2D eigenvalue weighted by Crippen LogP contribution is -2.44. The number of amides is 1. The largest absolute Gasteiger partial charge is 0.352 e. The standard InChI is InChI=1S/C10H18ClNO/c1-7-4-3-5-9(8(7)2)12-10(13)6-11/h7-9H,3-6H2,1-2H3,(H,12,13)/t7-,8+,9-/m1/s1. The third kappa shape index (κ3) is 2.87. The molecule has 1 rings (SSSR count). The van der Waals surface area contributed by atoms with Gasteiger partial charge in [0.1, 0.15) is 5.88 Å². The molecular weight excluding hydrogens is 186 g/mol. The highest BCUT2D eigenvalue weighted by Gasteiger charge is 2.27. The number of hydrogen-bond donors (Lipinski definition) is 1. The van der Waals surface area contributed by atoms with E-state index in [4.69, 9.17) is 11.6 Å². The maximum Gasteiger partial charge on any atom is 0.235 e. The quantitative estimate of drug-likeness (QED) is 0.685. The van der Waals surface area contributed by atoms with Crippen molar-refractivity contribution in [3.63, 3.8) is 0 Å². The maximum absolute atomic E-state index is 11.1. The Labute approximate surface area is 85.0 Å². The molecule has 1 fully saturated rings. The molecule has 0 aromatic heterocycles. The first-order chi connectivity index (χ1) is 6.15. The van der Waals surface area contributed by atoms with Gasteiger partial charge in [-0.05, 0) is 18.3 Å². The highest BCUT2D eigenvalue weighted by Crippen LogP contribution is 2.29. The van der Waals surface area contributed by atoms with Crippen molar-refractivity contribution in [2.45, 2.75) is 39.2 Å². The molecule has 0 aliphatic heterocycles. The van der Waals surface area contributed by atoms with Crippen LogP contribution in [0, 0.1) is 11.8 Å². The third-order valence-corrected chi connectivity index (χ3v) is 3.42. The average molecular weight is 204 g/mol. The number of rotatable bonds is 2. The van der Waals surface area contributed by atoms with Crippen LogP contribution in [0.15, 0.2) is 0 Å². The van der Waals surface area contributed by atoms with Gasteiger partial charge >= 0.3 is 0 Å². The van der Waals surface area contributed by atoms with Gasteiger partial charge < -0.3 is 5.32 Å². The molecule has 0 saturated heterocycles. The van der Waals surface area contributed by atoms with E-state index in [0.717, 1.165) is 12.3 Å². The van der Waals surface area contributed by atoms with Gasteiger partial charge in [-0.15, -0.1) is 11.6 Å². The minimum absolute atomic E-state index is 0.0346. The molecule has 0 heterocycles. The van der Waals surface area contributed by atoms with Crippen molar-refractivity contribution in [3.05, 3.63) is 0 Å². The summed E-state index contributed by atoms with van der Waals surface area (Å²) in [6.07, 6.45) is 3.61. The van der Waals surface area contributed by atoms with Crippen LogP contribution in [0.2, 0.25) is 0 Å². The number of carbonyl (C=O) groups is 1. The van der Waals surface area contributed by atoms with E-state index in [0.29, 0.717) is 12.0 Å². The van der Waals surface area contributed by atoms with E-state index in [1.54, 1.807) is 0 Å². The Morgan fingerprint density at radius 1 is 1.46 bits per heavy atom. The Morgan fingerprint density at radius 2 is 2.15 bits per heavy atom. The molecule has 0 aromatic rings. The minimum atomic E-state index is -0.0346. The average Bonchev–Trinajstić information content (AvgIpc) is 2.13. The second-order valence-corrected chi connectivity index (χ2v) is 4.34. The van der Waals surface area contributed by atoms with Crippen molar-refractivity contribution in [3.8, 4) is 0 Å². The topological polar surface area (TPSA) is 29.1 Å². The zero-order valence-electron chi connectivity index (χ0n) is 8.35. The summed E-state index contributed by atoms with van der Waals surface area (Å²) < 4.78 is 0. The molecule has 1 saturated carbocycles. The van der Waals surface area contributed by atoms with Crippen molar-refractivity contribution in [2.75, 3.05) is 5.88 Å². The second kappa shape index (κ2) is 4.85. The van der Waals surface area contributed by atoms with E-state index in [1.807, 2.05) is 0 Å². The summed E-state index contributed by atoms with van der Waals surface area (Å²) >= 11 is 5.44. The molecule has 3 atom stereocenters. The molecule has 1 N–H and O–H groups in total. The van der Waals surface area contributed by atoms with Crippen molar-refractivity contribution in [1.29, 1.82) is 0 Å². The van der Waals surface area contributed by atoms with Crippen molar-refractivity contribution in [1.82, 2.24) is 5.32 Å². The Kier molecular flexibility index (Phi) is 4.04. The van der Waals surface area contributed by atoms with Gasteiger partial charge in [-0.1, -0.05) is 26.7 Å². The van der Waals surface area contributed by atoms with E-state index in [-0.39, 0.29) is 11.8 Å². The summed E-state index contributed by atoms with van der Waals surface area (Å²) in [6.45, 7) is 4.46. The highest BCUT2D eigenvalue weighted by atomic mass is 35.5. The van der Waals surface area contributed by atoms with Crippen LogP contribution in [0.1, 0.15) is 33.1 Å². The lowest BCUT2D eigenvalue weighted by Gasteiger charge is -2.34. The summed E-state index contributed by atoms with van der Waals surface area (Å²) in [5, 5.41) is 2.98. The SMILES string of the molecule is C[C@H]1[C@H](C)CCC[C@H]1NC(=O)CCl. The van der Waals surface area contributed by atoms with Crippen LogP contribution in [0.3, 0.4) is 0 Å². The van der Waals surface area contributed by atoms with Crippen LogP contribution in [0.25, 0.3) is 0 Å². The first-order valence-corrected chi connectivity index (χ1v) is 5.54. The van der Waals surface area contributed by atoms with Gasteiger partial charge in [-0.25, -0.2) is 0 Å². The Balaban J connectivity index is 2.43. The molecule has 13 heavy (non-hydrogen) atoms. The molecular formula is C10H18ClNO. The van der Waals surface area contributed by atoms with Gasteiger partial charge in [-0.3, -0.25) is 4.79 Å². The minimum Gasteiger partial charge on any atom is -0.352 e. The molecule has 1 aliphatic carbocycles. The molecule has 0 aromatic carbocycles. The summed E-state index contributed by atoms with van der Waals surface area (Å²) in [4.78, 5) is 11.1. The Bertz CT molecular complexity index is 184. The van der Waals surface area contributed by atoms with Crippen molar-refractivity contribution >= 4 is 17.5 Å². The lowest BCUT2D eigenvalue weighted by atomic mass is 9.78. The Morgan fingerprint density at radius 3 is 2.77 bits per heavy atom. The molecule has 76 valence electrons. The van der Waals surface area contributed by atoms with Crippen LogP contribution in [0.5, 0.6) is 0 Å². The summed E-state index contributed by atoms with van der Waals surface area (Å²) in [5.74, 6) is 1.35. The predicted octanol–water partition coefficient (Wildman–Crippen LogP) is 2.17. The van der Waals surface area contributed by atoms with Gasteiger partial charge in [0.15, 0.2) is 0 Å². The molecule has 0 unspecified atom stereocenters. The fourth-order valence-corrected chi connectivity index (χ4v) is 2.11. The first kappa shape index (κ1) is 10.8. The number of halogens is 1. The smallest absolute Gasteiger partial charge is 0.235 e. The highest BCUT2D eigenvalue weighted by molar-refractivity contribution is 6.27. The lowest BCUT2D eigenvalue weighted by molar-refractivity contribution is -0.120. The fourth-order valence-electron chi connectivity index (χ4n) is 2.03. The molecule has 3 heteroatoms. The molecule has 1 aliphatic rings. The second-order valence-electron chi connectivity index (χ2n) is 4.07. The number of alkyl halides is 1. The molecule has 1 amide bonds. The molecule has 0 bridgehead atoms. The van der Waals surface area contributed by atoms with Gasteiger partial charge in [0.2, 0.25) is 5.91 Å². The van der Waals surface area contributed by atoms with Crippen LogP contribution in [-0.2, 0) is 4.79 Å². The predicted molar refractivity (Wildman–Crippen MR) is 54.8 cm³/mol. The van der Waals surface area contributed by atoms with Gasteiger partial charge in [-0.2, -0.15) is 0 Å². The molecule has 0 radical (unpaired) electrons. The van der Waals surface area contributed by atoms with Crippen LogP contribution >= 0.6 is 11.6 Å². The summed E-state index contributed by atoms with van der Waals surface area (Å²) in [6, 6.07) is 0.343. The van der Waals surface area contributed by atoms with E-state index in [2.05, 4.69) is 19.2 Å². The van der Waals surface area contributed by atoms with E-state index >= 15 is 0 Å². The number of hydrogen-bond acceptors (Lipinski definition) is 1. The van der Waals surface area contributed by atoms with Crippen molar-refractivity contribution in [2.24, 2.45) is 11.8 Å². The summed E-state index contributed by atoms with van der Waals surface area (Å²) in [7, 11) is 0. The van der Waals surface area contributed by atoms with Crippen LogP contribution in [-0.4, -0.2) is 17.8 Å². The monoisotopic (exact) mass is 203 g/mol. The van der Waals surface area contributed by atoms with Crippen molar-refractivity contribution < 1.29 is 4.79 Å². The van der Waals surface area contributed by atoms with Crippen LogP contribution in [0.4, 0.5) is 0 Å². The van der Waals surface area contributed by atoms with E-state index < -0.39 is 0 Å². The van der Waals surface area contributed by atoms with Gasteiger partial charge in [0.05, 0.1) is 0 Å². The molecule has 0 spiro atoms. The maximum atomic E-state index is 11.1. The normalized spacial score (nSPS) is 34.2. The van der Waals surface area contributed by atoms with E-state index in [1.165, 1.54) is 12.8 Å². The summed E-state index contributed by atoms with van der Waals surface area (Å²) in [5.41, 5.74) is 0. The van der Waals surface area contributed by atoms with E-state index in [9.17, 15) is 4.79 Å². The zero-order chi connectivity index (χ0) is 9.84. The molecule has 2 nitrogen and oxygen atoms in total.